The van der Waals surface area contributed by atoms with Crippen LogP contribution in [0.2, 0.25) is 0 Å². The number of imidazole rings is 1. The molecule has 0 bridgehead atoms. The number of nitrogens with zero attached hydrogens (tertiary/aromatic N) is 4. The quantitative estimate of drug-likeness (QED) is 0.771. The zero-order valence-corrected chi connectivity index (χ0v) is 13.7. The van der Waals surface area contributed by atoms with Crippen LogP contribution in [-0.4, -0.2) is 45.7 Å². The maximum absolute atomic E-state index is 12.2. The van der Waals surface area contributed by atoms with Crippen LogP contribution in [0.15, 0.2) is 36.8 Å². The summed E-state index contributed by atoms with van der Waals surface area (Å²) in [6.07, 6.45) is 4.47. The molecule has 3 heterocycles. The summed E-state index contributed by atoms with van der Waals surface area (Å²) < 4.78 is 13.0. The van der Waals surface area contributed by atoms with Crippen LogP contribution >= 0.6 is 0 Å². The summed E-state index contributed by atoms with van der Waals surface area (Å²) >= 11 is 0. The molecule has 8 nitrogen and oxygen atoms in total. The number of ether oxygens (including phenoxy) is 2. The standard InChI is InChI=1S/C17H17N5O3/c1-24-12-2-3-15-13(6-12)21-16-10-25-9-11(22(15)16)7-20-17(23)14-8-18-4-5-19-14/h2-6,8,11H,7,9-10H2,1H3,(H,20,23). The Hall–Kier alpha value is -3.00. The average Bonchev–Trinajstić information content (AvgIpc) is 3.04. The Morgan fingerprint density at radius 3 is 3.16 bits per heavy atom. The van der Waals surface area contributed by atoms with Crippen LogP contribution < -0.4 is 10.1 Å². The molecule has 4 rings (SSSR count). The highest BCUT2D eigenvalue weighted by Crippen LogP contribution is 2.28. The van der Waals surface area contributed by atoms with Gasteiger partial charge in [-0.05, 0) is 12.1 Å². The van der Waals surface area contributed by atoms with E-state index in [1.54, 1.807) is 7.11 Å². The number of carbonyl (C=O) groups is 1. The Morgan fingerprint density at radius 2 is 2.36 bits per heavy atom. The Kier molecular flexibility index (Phi) is 4.02. The van der Waals surface area contributed by atoms with Crippen LogP contribution in [0.1, 0.15) is 22.4 Å². The van der Waals surface area contributed by atoms with Gasteiger partial charge in [0.15, 0.2) is 0 Å². The Bertz CT molecular complexity index is 909. The summed E-state index contributed by atoms with van der Waals surface area (Å²) in [6, 6.07) is 5.74. The molecule has 128 valence electrons. The van der Waals surface area contributed by atoms with Crippen molar-refractivity contribution >= 4 is 16.9 Å². The molecule has 1 aliphatic heterocycles. The molecule has 3 aromatic rings. The summed E-state index contributed by atoms with van der Waals surface area (Å²) in [5.41, 5.74) is 2.14. The van der Waals surface area contributed by atoms with Crippen molar-refractivity contribution in [2.45, 2.75) is 12.6 Å². The van der Waals surface area contributed by atoms with Gasteiger partial charge in [-0.15, -0.1) is 0 Å². The van der Waals surface area contributed by atoms with Crippen molar-refractivity contribution in [2.75, 3.05) is 20.3 Å². The molecule has 1 aromatic carbocycles. The maximum atomic E-state index is 12.2. The minimum absolute atomic E-state index is 0.0391. The highest BCUT2D eigenvalue weighted by atomic mass is 16.5. The molecule has 1 aliphatic rings. The lowest BCUT2D eigenvalue weighted by Crippen LogP contribution is -2.36. The zero-order chi connectivity index (χ0) is 17.2. The first-order valence-corrected chi connectivity index (χ1v) is 7.93. The first-order valence-electron chi connectivity index (χ1n) is 7.93. The fraction of sp³-hybridized carbons (Fsp3) is 0.294. The fourth-order valence-electron chi connectivity index (χ4n) is 2.99. The fourth-order valence-corrected chi connectivity index (χ4v) is 2.99. The zero-order valence-electron chi connectivity index (χ0n) is 13.7. The lowest BCUT2D eigenvalue weighted by molar-refractivity contribution is 0.0552. The Morgan fingerprint density at radius 1 is 1.44 bits per heavy atom. The van der Waals surface area contributed by atoms with Gasteiger partial charge in [0, 0.05) is 25.0 Å². The van der Waals surface area contributed by atoms with Crippen molar-refractivity contribution < 1.29 is 14.3 Å². The van der Waals surface area contributed by atoms with Crippen molar-refractivity contribution in [2.24, 2.45) is 0 Å². The third kappa shape index (κ3) is 2.91. The minimum atomic E-state index is -0.258. The average molecular weight is 339 g/mol. The van der Waals surface area contributed by atoms with Gasteiger partial charge in [-0.3, -0.25) is 9.78 Å². The highest BCUT2D eigenvalue weighted by molar-refractivity contribution is 5.91. The summed E-state index contributed by atoms with van der Waals surface area (Å²) in [7, 11) is 1.63. The summed E-state index contributed by atoms with van der Waals surface area (Å²) in [5, 5.41) is 2.89. The molecule has 0 spiro atoms. The van der Waals surface area contributed by atoms with Gasteiger partial charge < -0.3 is 19.4 Å². The van der Waals surface area contributed by atoms with Gasteiger partial charge in [0.2, 0.25) is 0 Å². The number of fused-ring (bicyclic) bond motifs is 3. The predicted molar refractivity (Wildman–Crippen MR) is 89.3 cm³/mol. The molecule has 0 fully saturated rings. The van der Waals surface area contributed by atoms with Crippen molar-refractivity contribution in [1.29, 1.82) is 0 Å². The molecule has 1 amide bonds. The van der Waals surface area contributed by atoms with Gasteiger partial charge in [-0.2, -0.15) is 0 Å². The van der Waals surface area contributed by atoms with E-state index in [4.69, 9.17) is 9.47 Å². The molecule has 1 unspecified atom stereocenters. The molecule has 0 aliphatic carbocycles. The molecule has 2 aromatic heterocycles. The first-order chi connectivity index (χ1) is 12.3. The van der Waals surface area contributed by atoms with E-state index in [0.29, 0.717) is 25.5 Å². The van der Waals surface area contributed by atoms with Crippen molar-refractivity contribution in [3.63, 3.8) is 0 Å². The van der Waals surface area contributed by atoms with Crippen molar-refractivity contribution in [1.82, 2.24) is 24.8 Å². The van der Waals surface area contributed by atoms with E-state index in [1.165, 1.54) is 18.6 Å². The lowest BCUT2D eigenvalue weighted by atomic mass is 10.2. The number of hydrogen-bond donors (Lipinski definition) is 1. The number of benzene rings is 1. The lowest BCUT2D eigenvalue weighted by Gasteiger charge is -2.26. The number of hydrogen-bond acceptors (Lipinski definition) is 6. The molecule has 0 radical (unpaired) electrons. The topological polar surface area (TPSA) is 91.2 Å². The van der Waals surface area contributed by atoms with E-state index in [1.807, 2.05) is 18.2 Å². The number of amides is 1. The van der Waals surface area contributed by atoms with Crippen LogP contribution in [0, 0.1) is 0 Å². The minimum Gasteiger partial charge on any atom is -0.497 e. The number of aromatic nitrogens is 4. The molecule has 1 N–H and O–H groups in total. The third-order valence-corrected chi connectivity index (χ3v) is 4.17. The van der Waals surface area contributed by atoms with E-state index in [0.717, 1.165) is 22.6 Å². The van der Waals surface area contributed by atoms with Gasteiger partial charge in [-0.25, -0.2) is 9.97 Å². The molecule has 25 heavy (non-hydrogen) atoms. The molecule has 1 atom stereocenters. The first kappa shape index (κ1) is 15.5. The van der Waals surface area contributed by atoms with E-state index in [9.17, 15) is 4.79 Å². The molecular formula is C17H17N5O3. The van der Waals surface area contributed by atoms with E-state index >= 15 is 0 Å². The highest BCUT2D eigenvalue weighted by Gasteiger charge is 2.25. The number of methoxy groups -OCH3 is 1. The number of nitrogens with one attached hydrogen (secondary N) is 1. The monoisotopic (exact) mass is 339 g/mol. The van der Waals surface area contributed by atoms with Crippen molar-refractivity contribution in [3.8, 4) is 5.75 Å². The van der Waals surface area contributed by atoms with E-state index in [-0.39, 0.29) is 11.9 Å². The number of rotatable bonds is 4. The second-order valence-corrected chi connectivity index (χ2v) is 5.72. The van der Waals surface area contributed by atoms with Crippen molar-refractivity contribution in [3.05, 3.63) is 48.3 Å². The Labute approximate surface area is 143 Å². The van der Waals surface area contributed by atoms with E-state index < -0.39 is 0 Å². The van der Waals surface area contributed by atoms with Crippen LogP contribution in [0.25, 0.3) is 11.0 Å². The molecule has 8 heteroatoms. The normalized spacial score (nSPS) is 16.4. The van der Waals surface area contributed by atoms with Crippen LogP contribution in [0.5, 0.6) is 5.75 Å². The second-order valence-electron chi connectivity index (χ2n) is 5.72. The van der Waals surface area contributed by atoms with Crippen LogP contribution in [-0.2, 0) is 11.3 Å². The summed E-state index contributed by atoms with van der Waals surface area (Å²) in [6.45, 7) is 1.37. The predicted octanol–water partition coefficient (Wildman–Crippen LogP) is 1.34. The van der Waals surface area contributed by atoms with Gasteiger partial charge in [0.1, 0.15) is 23.9 Å². The van der Waals surface area contributed by atoms with Gasteiger partial charge in [0.05, 0.1) is 37.0 Å². The largest absolute Gasteiger partial charge is 0.497 e. The van der Waals surface area contributed by atoms with Crippen LogP contribution in [0.4, 0.5) is 0 Å². The van der Waals surface area contributed by atoms with Gasteiger partial charge in [0.25, 0.3) is 5.91 Å². The molecular weight excluding hydrogens is 322 g/mol. The summed E-state index contributed by atoms with van der Waals surface area (Å²) in [5.74, 6) is 1.34. The SMILES string of the molecule is COc1ccc2c(c1)nc1n2C(CNC(=O)c2cnccn2)COC1. The van der Waals surface area contributed by atoms with Gasteiger partial charge in [-0.1, -0.05) is 0 Å². The smallest absolute Gasteiger partial charge is 0.271 e. The molecule has 0 saturated heterocycles. The Balaban J connectivity index is 1.58. The molecule has 0 saturated carbocycles. The summed E-state index contributed by atoms with van der Waals surface area (Å²) in [4.78, 5) is 24.7. The number of carbonyl (C=O) groups excluding carboxylic acids is 1. The van der Waals surface area contributed by atoms with E-state index in [2.05, 4.69) is 24.8 Å². The maximum Gasteiger partial charge on any atom is 0.271 e. The van der Waals surface area contributed by atoms with Gasteiger partial charge >= 0.3 is 0 Å². The third-order valence-electron chi connectivity index (χ3n) is 4.17. The van der Waals surface area contributed by atoms with Crippen LogP contribution in [0.3, 0.4) is 0 Å². The second kappa shape index (κ2) is 6.48.